The molecule has 0 aliphatic heterocycles. The largest absolute Gasteiger partial charge is 0.0839 e. The van der Waals surface area contributed by atoms with Crippen LogP contribution in [0.4, 0.5) is 0 Å². The van der Waals surface area contributed by atoms with E-state index >= 15 is 0 Å². The van der Waals surface area contributed by atoms with Gasteiger partial charge in [0.25, 0.3) is 0 Å². The summed E-state index contributed by atoms with van der Waals surface area (Å²) in [5.74, 6) is 1.85. The average Bonchev–Trinajstić information content (AvgIpc) is 2.60. The zero-order valence-electron chi connectivity index (χ0n) is 7.43. The summed E-state index contributed by atoms with van der Waals surface area (Å²) in [7, 11) is 0. The van der Waals surface area contributed by atoms with E-state index in [0.717, 1.165) is 11.8 Å². The van der Waals surface area contributed by atoms with Crippen molar-refractivity contribution in [1.82, 2.24) is 0 Å². The Morgan fingerprint density at radius 2 is 1.45 bits per heavy atom. The van der Waals surface area contributed by atoms with Crippen LogP contribution in [0.1, 0.15) is 33.1 Å². The molecular weight excluding hydrogens is 132 g/mol. The van der Waals surface area contributed by atoms with Crippen LogP contribution in [0.15, 0.2) is 23.3 Å². The SMILES string of the molecule is CC=C1C(=CC)C2CCC1C2. The molecule has 0 heteroatoms. The first-order valence-electron chi connectivity index (χ1n) is 4.69. The molecule has 11 heavy (non-hydrogen) atoms. The van der Waals surface area contributed by atoms with Crippen molar-refractivity contribution < 1.29 is 0 Å². The van der Waals surface area contributed by atoms with Crippen LogP contribution in [0.25, 0.3) is 0 Å². The first-order valence-corrected chi connectivity index (χ1v) is 4.69. The highest BCUT2D eigenvalue weighted by molar-refractivity contribution is 5.41. The minimum absolute atomic E-state index is 0.927. The van der Waals surface area contributed by atoms with Gasteiger partial charge >= 0.3 is 0 Å². The molecule has 0 saturated heterocycles. The second-order valence-electron chi connectivity index (χ2n) is 3.69. The molecule has 2 bridgehead atoms. The molecule has 0 aromatic carbocycles. The predicted octanol–water partition coefficient (Wildman–Crippen LogP) is 3.31. The van der Waals surface area contributed by atoms with E-state index < -0.39 is 0 Å². The standard InChI is InChI=1S/C11H16/c1-3-10-8-5-6-9(7-8)11(10)4-2/h3-4,8-9H,5-7H2,1-2H3. The highest BCUT2D eigenvalue weighted by Crippen LogP contribution is 2.51. The molecule has 0 aromatic rings. The number of hydrogen-bond donors (Lipinski definition) is 0. The molecule has 0 spiro atoms. The molecule has 2 aliphatic carbocycles. The summed E-state index contributed by atoms with van der Waals surface area (Å²) in [6, 6.07) is 0. The van der Waals surface area contributed by atoms with Gasteiger partial charge in [-0.15, -0.1) is 0 Å². The minimum atomic E-state index is 0.927. The topological polar surface area (TPSA) is 0 Å². The number of allylic oxidation sites excluding steroid dienone is 4. The van der Waals surface area contributed by atoms with Gasteiger partial charge in [-0.05, 0) is 56.1 Å². The molecule has 2 saturated carbocycles. The van der Waals surface area contributed by atoms with Gasteiger partial charge in [-0.3, -0.25) is 0 Å². The van der Waals surface area contributed by atoms with Crippen molar-refractivity contribution in [3.63, 3.8) is 0 Å². The Morgan fingerprint density at radius 3 is 1.82 bits per heavy atom. The van der Waals surface area contributed by atoms with Gasteiger partial charge in [-0.2, -0.15) is 0 Å². The molecule has 2 rings (SSSR count). The number of hydrogen-bond acceptors (Lipinski definition) is 0. The fourth-order valence-corrected chi connectivity index (χ4v) is 2.82. The summed E-state index contributed by atoms with van der Waals surface area (Å²) in [6.07, 6.45) is 8.97. The van der Waals surface area contributed by atoms with Crippen molar-refractivity contribution >= 4 is 0 Å². The molecule has 0 amide bonds. The second kappa shape index (κ2) is 2.51. The summed E-state index contributed by atoms with van der Waals surface area (Å²) < 4.78 is 0. The van der Waals surface area contributed by atoms with Crippen LogP contribution in [0.5, 0.6) is 0 Å². The molecule has 0 aromatic heterocycles. The fourth-order valence-electron chi connectivity index (χ4n) is 2.82. The maximum absolute atomic E-state index is 2.32. The Hall–Kier alpha value is -0.520. The molecular formula is C11H16. The predicted molar refractivity (Wildman–Crippen MR) is 48.3 cm³/mol. The monoisotopic (exact) mass is 148 g/mol. The van der Waals surface area contributed by atoms with E-state index in [-0.39, 0.29) is 0 Å². The lowest BCUT2D eigenvalue weighted by Crippen LogP contribution is -2.01. The first-order chi connectivity index (χ1) is 5.36. The Labute approximate surface area is 69.0 Å². The highest BCUT2D eigenvalue weighted by atomic mass is 14.4. The quantitative estimate of drug-likeness (QED) is 0.494. The molecule has 0 heterocycles. The zero-order chi connectivity index (χ0) is 7.84. The Kier molecular flexibility index (Phi) is 1.63. The lowest BCUT2D eigenvalue weighted by molar-refractivity contribution is 0.652. The molecule has 2 unspecified atom stereocenters. The molecule has 0 radical (unpaired) electrons. The third-order valence-electron chi connectivity index (χ3n) is 3.27. The maximum Gasteiger partial charge on any atom is -0.0156 e. The van der Waals surface area contributed by atoms with Gasteiger partial charge in [0.05, 0.1) is 0 Å². The minimum Gasteiger partial charge on any atom is -0.0839 e. The highest BCUT2D eigenvalue weighted by Gasteiger charge is 2.38. The Morgan fingerprint density at radius 1 is 1.00 bits per heavy atom. The molecule has 60 valence electrons. The van der Waals surface area contributed by atoms with Crippen molar-refractivity contribution in [2.24, 2.45) is 11.8 Å². The van der Waals surface area contributed by atoms with Crippen molar-refractivity contribution in [3.05, 3.63) is 23.3 Å². The third kappa shape index (κ3) is 0.885. The zero-order valence-corrected chi connectivity index (χ0v) is 7.43. The van der Waals surface area contributed by atoms with E-state index in [1.807, 2.05) is 0 Å². The van der Waals surface area contributed by atoms with Crippen molar-refractivity contribution in [2.45, 2.75) is 33.1 Å². The third-order valence-corrected chi connectivity index (χ3v) is 3.27. The summed E-state index contributed by atoms with van der Waals surface area (Å²) in [5.41, 5.74) is 3.31. The molecule has 2 aliphatic rings. The van der Waals surface area contributed by atoms with E-state index in [1.165, 1.54) is 19.3 Å². The summed E-state index contributed by atoms with van der Waals surface area (Å²) in [4.78, 5) is 0. The van der Waals surface area contributed by atoms with Gasteiger partial charge < -0.3 is 0 Å². The van der Waals surface area contributed by atoms with Gasteiger partial charge in [0, 0.05) is 0 Å². The maximum atomic E-state index is 2.32. The van der Waals surface area contributed by atoms with Gasteiger partial charge in [0.15, 0.2) is 0 Å². The normalized spacial score (nSPS) is 42.7. The smallest absolute Gasteiger partial charge is 0.0156 e. The van der Waals surface area contributed by atoms with Crippen molar-refractivity contribution in [2.75, 3.05) is 0 Å². The van der Waals surface area contributed by atoms with Crippen LogP contribution in [0.2, 0.25) is 0 Å². The van der Waals surface area contributed by atoms with E-state index in [4.69, 9.17) is 0 Å². The van der Waals surface area contributed by atoms with Crippen molar-refractivity contribution in [1.29, 1.82) is 0 Å². The number of rotatable bonds is 0. The van der Waals surface area contributed by atoms with Gasteiger partial charge in [-0.25, -0.2) is 0 Å². The van der Waals surface area contributed by atoms with Crippen molar-refractivity contribution in [3.8, 4) is 0 Å². The van der Waals surface area contributed by atoms with E-state index in [0.29, 0.717) is 0 Å². The van der Waals surface area contributed by atoms with E-state index in [2.05, 4.69) is 26.0 Å². The van der Waals surface area contributed by atoms with Gasteiger partial charge in [0.1, 0.15) is 0 Å². The molecule has 0 nitrogen and oxygen atoms in total. The van der Waals surface area contributed by atoms with Crippen LogP contribution in [-0.2, 0) is 0 Å². The summed E-state index contributed by atoms with van der Waals surface area (Å²) in [6.45, 7) is 4.36. The molecule has 0 N–H and O–H groups in total. The molecule has 2 fully saturated rings. The van der Waals surface area contributed by atoms with Gasteiger partial charge in [0.2, 0.25) is 0 Å². The first kappa shape index (κ1) is 7.15. The summed E-state index contributed by atoms with van der Waals surface area (Å²) >= 11 is 0. The molecule has 2 atom stereocenters. The summed E-state index contributed by atoms with van der Waals surface area (Å²) in [5, 5.41) is 0. The average molecular weight is 148 g/mol. The van der Waals surface area contributed by atoms with E-state index in [1.54, 1.807) is 11.1 Å². The van der Waals surface area contributed by atoms with E-state index in [9.17, 15) is 0 Å². The van der Waals surface area contributed by atoms with Crippen LogP contribution >= 0.6 is 0 Å². The lowest BCUT2D eigenvalue weighted by Gasteiger charge is -2.16. The Balaban J connectivity index is 2.35. The fraction of sp³-hybridized carbons (Fsp3) is 0.636. The van der Waals surface area contributed by atoms with Crippen LogP contribution < -0.4 is 0 Å². The van der Waals surface area contributed by atoms with Crippen LogP contribution in [0, 0.1) is 11.8 Å². The van der Waals surface area contributed by atoms with Crippen LogP contribution in [-0.4, -0.2) is 0 Å². The van der Waals surface area contributed by atoms with Gasteiger partial charge in [-0.1, -0.05) is 12.2 Å². The second-order valence-corrected chi connectivity index (χ2v) is 3.69. The van der Waals surface area contributed by atoms with Crippen LogP contribution in [0.3, 0.4) is 0 Å². The lowest BCUT2D eigenvalue weighted by atomic mass is 9.89. The Bertz CT molecular complexity index is 196. The number of fused-ring (bicyclic) bond motifs is 2.